The van der Waals surface area contributed by atoms with Crippen LogP contribution in [0, 0.1) is 0 Å². The molecule has 4 aromatic heterocycles. The van der Waals surface area contributed by atoms with E-state index in [2.05, 4.69) is 103 Å². The zero-order valence-corrected chi connectivity index (χ0v) is 24.7. The van der Waals surface area contributed by atoms with E-state index >= 15 is 0 Å². The second kappa shape index (κ2) is 10.8. The van der Waals surface area contributed by atoms with E-state index in [0.29, 0.717) is 24.8 Å². The van der Waals surface area contributed by atoms with Gasteiger partial charge < -0.3 is 42.6 Å². The molecule has 0 saturated heterocycles. The van der Waals surface area contributed by atoms with Gasteiger partial charge in [0.1, 0.15) is 0 Å². The molecule has 0 fully saturated rings. The Bertz CT molecular complexity index is 1830. The molecule has 0 saturated carbocycles. The van der Waals surface area contributed by atoms with Crippen LogP contribution in [0.3, 0.4) is 0 Å². The van der Waals surface area contributed by atoms with Crippen LogP contribution in [0.15, 0.2) is 124 Å². The van der Waals surface area contributed by atoms with Crippen LogP contribution >= 0.6 is 0 Å². The van der Waals surface area contributed by atoms with E-state index in [1.807, 2.05) is 43.1 Å². The molecule has 0 atom stereocenters. The first-order chi connectivity index (χ1) is 22.1. The second-order valence-electron chi connectivity index (χ2n) is 10.9. The standard InChI is InChI=1S/C32H30N12O/c1-37-11-13-43(23-37)27-17-31(29(41-9-5-35-21-41)15-25(27)39-7-3-33-19-39)45-32-18-28(44-14-12-38(2)24-44)26(40-8-4-34-20-40)16-30(32)42-10-6-36-22-42/h3-22H,23-24H2,1-2H3. The molecule has 0 radical (unpaired) electrons. The van der Waals surface area contributed by atoms with E-state index in [1.54, 1.807) is 50.1 Å². The Kier molecular flexibility index (Phi) is 6.33. The van der Waals surface area contributed by atoms with Crippen molar-refractivity contribution in [1.29, 1.82) is 0 Å². The molecule has 0 aliphatic carbocycles. The van der Waals surface area contributed by atoms with Crippen molar-refractivity contribution in [3.63, 3.8) is 0 Å². The number of ether oxygens (including phenoxy) is 1. The minimum Gasteiger partial charge on any atom is -0.453 e. The fourth-order valence-corrected chi connectivity index (χ4v) is 5.63. The van der Waals surface area contributed by atoms with Crippen LogP contribution in [-0.4, -0.2) is 75.4 Å². The summed E-state index contributed by atoms with van der Waals surface area (Å²) in [6, 6.07) is 8.38. The lowest BCUT2D eigenvalue weighted by Crippen LogP contribution is -2.23. The average Bonchev–Trinajstić information content (AvgIpc) is 3.89. The van der Waals surface area contributed by atoms with Gasteiger partial charge in [-0.1, -0.05) is 0 Å². The molecule has 6 heterocycles. The molecular formula is C32H30N12O. The molecule has 224 valence electrons. The van der Waals surface area contributed by atoms with E-state index in [-0.39, 0.29) is 0 Å². The van der Waals surface area contributed by atoms with Gasteiger partial charge in [0.25, 0.3) is 0 Å². The predicted molar refractivity (Wildman–Crippen MR) is 170 cm³/mol. The first-order valence-corrected chi connectivity index (χ1v) is 14.4. The number of nitrogens with zero attached hydrogens (tertiary/aromatic N) is 12. The molecular weight excluding hydrogens is 568 g/mol. The molecule has 6 aromatic rings. The van der Waals surface area contributed by atoms with Crippen LogP contribution < -0.4 is 14.5 Å². The summed E-state index contributed by atoms with van der Waals surface area (Å²) in [7, 11) is 4.10. The van der Waals surface area contributed by atoms with Gasteiger partial charge >= 0.3 is 0 Å². The molecule has 13 heteroatoms. The van der Waals surface area contributed by atoms with Gasteiger partial charge in [-0.3, -0.25) is 0 Å². The summed E-state index contributed by atoms with van der Waals surface area (Å²) >= 11 is 0. The highest BCUT2D eigenvalue weighted by atomic mass is 16.5. The monoisotopic (exact) mass is 598 g/mol. The Morgan fingerprint density at radius 2 is 0.844 bits per heavy atom. The number of anilines is 2. The molecule has 0 spiro atoms. The third-order valence-corrected chi connectivity index (χ3v) is 7.83. The fraction of sp³-hybridized carbons (Fsp3) is 0.125. The average molecular weight is 599 g/mol. The number of benzene rings is 2. The highest BCUT2D eigenvalue weighted by Gasteiger charge is 2.24. The van der Waals surface area contributed by atoms with E-state index < -0.39 is 0 Å². The number of rotatable bonds is 8. The van der Waals surface area contributed by atoms with E-state index in [9.17, 15) is 0 Å². The van der Waals surface area contributed by atoms with Gasteiger partial charge in [0.05, 0.1) is 72.8 Å². The van der Waals surface area contributed by atoms with Gasteiger partial charge in [-0.2, -0.15) is 0 Å². The summed E-state index contributed by atoms with van der Waals surface area (Å²) in [5.41, 5.74) is 5.51. The maximum atomic E-state index is 7.01. The number of hydrogen-bond acceptors (Lipinski definition) is 9. The highest BCUT2D eigenvalue weighted by Crippen LogP contribution is 2.42. The summed E-state index contributed by atoms with van der Waals surface area (Å²) in [6.07, 6.45) is 30.2. The van der Waals surface area contributed by atoms with Crippen molar-refractivity contribution < 1.29 is 4.74 Å². The Labute approximate surface area is 259 Å². The quantitative estimate of drug-likeness (QED) is 0.250. The van der Waals surface area contributed by atoms with Crippen molar-refractivity contribution in [2.24, 2.45) is 0 Å². The van der Waals surface area contributed by atoms with Crippen LogP contribution in [0.5, 0.6) is 11.5 Å². The molecule has 0 amide bonds. The topological polar surface area (TPSA) is 93.5 Å². The largest absolute Gasteiger partial charge is 0.453 e. The summed E-state index contributed by atoms with van der Waals surface area (Å²) in [4.78, 5) is 26.0. The third kappa shape index (κ3) is 4.85. The van der Waals surface area contributed by atoms with Crippen molar-refractivity contribution in [1.82, 2.24) is 48.0 Å². The molecule has 2 aromatic carbocycles. The molecule has 0 N–H and O–H groups in total. The predicted octanol–water partition coefficient (Wildman–Crippen LogP) is 4.58. The molecule has 0 bridgehead atoms. The Hall–Kier alpha value is -6.24. The molecule has 2 aliphatic heterocycles. The highest BCUT2D eigenvalue weighted by molar-refractivity contribution is 5.75. The summed E-state index contributed by atoms with van der Waals surface area (Å²) in [6.45, 7) is 1.40. The molecule has 45 heavy (non-hydrogen) atoms. The van der Waals surface area contributed by atoms with Crippen molar-refractivity contribution in [2.75, 3.05) is 37.2 Å². The lowest BCUT2D eigenvalue weighted by Gasteiger charge is -2.26. The minimum atomic E-state index is 0.659. The SMILES string of the molecule is CN1C=CN(c2cc(Oc3cc(N4C=CN(C)C4)c(-n4ccnc4)cc3-n3ccnc3)c(-n3ccnc3)cc2-n2ccnc2)C1. The maximum Gasteiger partial charge on any atom is 0.153 e. The van der Waals surface area contributed by atoms with Gasteiger partial charge in [0, 0.05) is 101 Å². The fourth-order valence-electron chi connectivity index (χ4n) is 5.63. The first kappa shape index (κ1) is 26.4. The van der Waals surface area contributed by atoms with Crippen molar-refractivity contribution >= 4 is 11.4 Å². The Balaban J connectivity index is 1.34. The lowest BCUT2D eigenvalue weighted by atomic mass is 10.1. The molecule has 2 aliphatic rings. The molecule has 13 nitrogen and oxygen atoms in total. The first-order valence-electron chi connectivity index (χ1n) is 14.4. The summed E-state index contributed by atoms with van der Waals surface area (Å²) in [5.74, 6) is 1.32. The van der Waals surface area contributed by atoms with Crippen LogP contribution in [0.4, 0.5) is 11.4 Å². The van der Waals surface area contributed by atoms with E-state index in [0.717, 1.165) is 34.1 Å². The van der Waals surface area contributed by atoms with E-state index in [4.69, 9.17) is 4.74 Å². The molecule has 8 rings (SSSR count). The minimum absolute atomic E-state index is 0.659. The lowest BCUT2D eigenvalue weighted by molar-refractivity contribution is 0.474. The van der Waals surface area contributed by atoms with Crippen LogP contribution in [-0.2, 0) is 0 Å². The third-order valence-electron chi connectivity index (χ3n) is 7.83. The van der Waals surface area contributed by atoms with Crippen LogP contribution in [0.2, 0.25) is 0 Å². The number of hydrogen-bond donors (Lipinski definition) is 0. The zero-order valence-electron chi connectivity index (χ0n) is 24.7. The van der Waals surface area contributed by atoms with Crippen molar-refractivity contribution in [2.45, 2.75) is 0 Å². The van der Waals surface area contributed by atoms with Crippen molar-refractivity contribution in [3.05, 3.63) is 124 Å². The van der Waals surface area contributed by atoms with Gasteiger partial charge in [0.2, 0.25) is 0 Å². The van der Waals surface area contributed by atoms with Gasteiger partial charge in [-0.25, -0.2) is 19.9 Å². The van der Waals surface area contributed by atoms with Crippen LogP contribution in [0.1, 0.15) is 0 Å². The number of imidazole rings is 4. The maximum absolute atomic E-state index is 7.01. The van der Waals surface area contributed by atoms with E-state index in [1.165, 1.54) is 0 Å². The second-order valence-corrected chi connectivity index (χ2v) is 10.9. The van der Waals surface area contributed by atoms with Gasteiger partial charge in [-0.15, -0.1) is 0 Å². The summed E-state index contributed by atoms with van der Waals surface area (Å²) < 4.78 is 15.0. The summed E-state index contributed by atoms with van der Waals surface area (Å²) in [5, 5.41) is 0. The Morgan fingerprint density at radius 3 is 1.16 bits per heavy atom. The van der Waals surface area contributed by atoms with Crippen molar-refractivity contribution in [3.8, 4) is 34.2 Å². The number of aromatic nitrogens is 8. The smallest absolute Gasteiger partial charge is 0.153 e. The van der Waals surface area contributed by atoms with Crippen LogP contribution in [0.25, 0.3) is 22.7 Å². The zero-order chi connectivity index (χ0) is 30.3. The van der Waals surface area contributed by atoms with Gasteiger partial charge in [-0.05, 0) is 12.1 Å². The normalized spacial score (nSPS) is 14.4. The van der Waals surface area contributed by atoms with Gasteiger partial charge in [0.15, 0.2) is 11.5 Å². The Morgan fingerprint density at radius 1 is 0.467 bits per heavy atom. The molecule has 0 unspecified atom stereocenters.